The number of halogens is 1. The lowest BCUT2D eigenvalue weighted by atomic mass is 10.2. The van der Waals surface area contributed by atoms with E-state index in [4.69, 9.17) is 9.73 Å². The number of rotatable bonds is 6. The molecular formula is C23H37FN6O. The standard InChI is InChI=1S/C23H37FN6O/c1-2-25-23(30-9-7-22(19-30)29-15-17-31-18-16-29)26-8-10-27-11-13-28(14-12-27)21-5-3-20(24)4-6-21/h3-6,22H,2,7-19H2,1H3,(H,25,26). The molecule has 1 N–H and O–H groups in total. The van der Waals surface area contributed by atoms with Crippen molar-refractivity contribution in [2.24, 2.45) is 4.99 Å². The van der Waals surface area contributed by atoms with Gasteiger partial charge in [0.05, 0.1) is 19.8 Å². The quantitative estimate of drug-likeness (QED) is 0.541. The molecule has 3 aliphatic rings. The van der Waals surface area contributed by atoms with Crippen LogP contribution in [0.15, 0.2) is 29.3 Å². The largest absolute Gasteiger partial charge is 0.379 e. The number of nitrogens with zero attached hydrogens (tertiary/aromatic N) is 5. The van der Waals surface area contributed by atoms with E-state index in [9.17, 15) is 4.39 Å². The summed E-state index contributed by atoms with van der Waals surface area (Å²) in [4.78, 5) is 14.8. The SMILES string of the molecule is CCNC(=NCCN1CCN(c2ccc(F)cc2)CC1)N1CCC(N2CCOCC2)C1. The van der Waals surface area contributed by atoms with Crippen molar-refractivity contribution in [2.45, 2.75) is 19.4 Å². The molecular weight excluding hydrogens is 395 g/mol. The highest BCUT2D eigenvalue weighted by Gasteiger charge is 2.30. The van der Waals surface area contributed by atoms with Gasteiger partial charge in [-0.05, 0) is 37.6 Å². The molecule has 1 unspecified atom stereocenters. The molecule has 0 radical (unpaired) electrons. The van der Waals surface area contributed by atoms with Crippen LogP contribution in [0.25, 0.3) is 0 Å². The van der Waals surface area contributed by atoms with Crippen LogP contribution >= 0.6 is 0 Å². The van der Waals surface area contributed by atoms with Crippen LogP contribution in [0.1, 0.15) is 13.3 Å². The van der Waals surface area contributed by atoms with E-state index in [-0.39, 0.29) is 5.82 Å². The minimum atomic E-state index is -0.175. The van der Waals surface area contributed by atoms with Crippen molar-refractivity contribution in [3.05, 3.63) is 30.1 Å². The summed E-state index contributed by atoms with van der Waals surface area (Å²) in [5.74, 6) is 0.884. The van der Waals surface area contributed by atoms with Crippen LogP contribution in [0.4, 0.5) is 10.1 Å². The molecule has 3 heterocycles. The highest BCUT2D eigenvalue weighted by atomic mass is 19.1. The first-order valence-corrected chi connectivity index (χ1v) is 11.8. The monoisotopic (exact) mass is 432 g/mol. The number of likely N-dealkylation sites (tertiary alicyclic amines) is 1. The van der Waals surface area contributed by atoms with Gasteiger partial charge in [0.2, 0.25) is 0 Å². The summed E-state index contributed by atoms with van der Waals surface area (Å²) < 4.78 is 18.7. The maximum absolute atomic E-state index is 13.1. The maximum Gasteiger partial charge on any atom is 0.194 e. The molecule has 0 spiro atoms. The first-order valence-electron chi connectivity index (χ1n) is 11.8. The predicted octanol–water partition coefficient (Wildman–Crippen LogP) is 1.32. The second-order valence-corrected chi connectivity index (χ2v) is 8.58. The Morgan fingerprint density at radius 3 is 2.52 bits per heavy atom. The van der Waals surface area contributed by atoms with Crippen molar-refractivity contribution in [3.8, 4) is 0 Å². The van der Waals surface area contributed by atoms with Gasteiger partial charge in [-0.15, -0.1) is 0 Å². The normalized spacial score (nSPS) is 24.1. The van der Waals surface area contributed by atoms with E-state index >= 15 is 0 Å². The molecule has 1 aromatic rings. The Labute approximate surface area is 185 Å². The lowest BCUT2D eigenvalue weighted by Crippen LogP contribution is -2.48. The number of hydrogen-bond donors (Lipinski definition) is 1. The maximum atomic E-state index is 13.1. The van der Waals surface area contributed by atoms with Crippen molar-refractivity contribution < 1.29 is 9.13 Å². The summed E-state index contributed by atoms with van der Waals surface area (Å²) in [5, 5.41) is 3.49. The number of nitrogens with one attached hydrogen (secondary N) is 1. The number of ether oxygens (including phenoxy) is 1. The van der Waals surface area contributed by atoms with Crippen molar-refractivity contribution >= 4 is 11.6 Å². The summed E-state index contributed by atoms with van der Waals surface area (Å²) in [7, 11) is 0. The summed E-state index contributed by atoms with van der Waals surface area (Å²) in [6.45, 7) is 14.8. The van der Waals surface area contributed by atoms with Crippen molar-refractivity contribution in [2.75, 3.05) is 90.1 Å². The van der Waals surface area contributed by atoms with Gasteiger partial charge in [-0.1, -0.05) is 0 Å². The molecule has 8 heteroatoms. The fourth-order valence-corrected chi connectivity index (χ4v) is 4.78. The molecule has 1 atom stereocenters. The summed E-state index contributed by atoms with van der Waals surface area (Å²) in [6, 6.07) is 7.45. The number of piperazine rings is 1. The molecule has 3 aliphatic heterocycles. The number of hydrogen-bond acceptors (Lipinski definition) is 5. The van der Waals surface area contributed by atoms with Gasteiger partial charge in [-0.2, -0.15) is 0 Å². The molecule has 0 amide bonds. The van der Waals surface area contributed by atoms with Gasteiger partial charge in [-0.25, -0.2) is 4.39 Å². The summed E-state index contributed by atoms with van der Waals surface area (Å²) >= 11 is 0. The average Bonchev–Trinajstić information content (AvgIpc) is 3.30. The fraction of sp³-hybridized carbons (Fsp3) is 0.696. The Kier molecular flexibility index (Phi) is 7.99. The third-order valence-electron chi connectivity index (χ3n) is 6.60. The molecule has 7 nitrogen and oxygen atoms in total. The molecule has 4 rings (SSSR count). The predicted molar refractivity (Wildman–Crippen MR) is 123 cm³/mol. The Bertz CT molecular complexity index is 701. The van der Waals surface area contributed by atoms with Crippen LogP contribution in [-0.4, -0.2) is 112 Å². The summed E-state index contributed by atoms with van der Waals surface area (Å²) in [5.41, 5.74) is 1.11. The molecule has 1 aromatic carbocycles. The van der Waals surface area contributed by atoms with Gasteiger partial charge in [0.25, 0.3) is 0 Å². The van der Waals surface area contributed by atoms with Crippen LogP contribution in [0.3, 0.4) is 0 Å². The van der Waals surface area contributed by atoms with Crippen LogP contribution in [0, 0.1) is 5.82 Å². The minimum Gasteiger partial charge on any atom is -0.379 e. The topological polar surface area (TPSA) is 46.6 Å². The van der Waals surface area contributed by atoms with Gasteiger partial charge >= 0.3 is 0 Å². The Morgan fingerprint density at radius 2 is 1.81 bits per heavy atom. The molecule has 0 bridgehead atoms. The second-order valence-electron chi connectivity index (χ2n) is 8.58. The lowest BCUT2D eigenvalue weighted by molar-refractivity contribution is 0.0195. The molecule has 3 saturated heterocycles. The highest BCUT2D eigenvalue weighted by Crippen LogP contribution is 2.18. The van der Waals surface area contributed by atoms with Gasteiger partial charge in [0.15, 0.2) is 5.96 Å². The molecule has 172 valence electrons. The molecule has 0 aromatic heterocycles. The molecule has 0 saturated carbocycles. The van der Waals surface area contributed by atoms with E-state index in [2.05, 4.69) is 31.8 Å². The Balaban J connectivity index is 1.22. The van der Waals surface area contributed by atoms with E-state index < -0.39 is 0 Å². The fourth-order valence-electron chi connectivity index (χ4n) is 4.78. The molecule has 31 heavy (non-hydrogen) atoms. The van der Waals surface area contributed by atoms with Gasteiger partial charge in [-0.3, -0.25) is 14.8 Å². The Hall–Kier alpha value is -1.90. The van der Waals surface area contributed by atoms with Gasteiger partial charge in [0, 0.05) is 77.2 Å². The number of aliphatic imine (C=N–C) groups is 1. The van der Waals surface area contributed by atoms with E-state index in [0.717, 1.165) is 96.9 Å². The average molecular weight is 433 g/mol. The first kappa shape index (κ1) is 22.3. The van der Waals surface area contributed by atoms with Crippen molar-refractivity contribution in [1.82, 2.24) is 20.0 Å². The van der Waals surface area contributed by atoms with Crippen molar-refractivity contribution in [3.63, 3.8) is 0 Å². The zero-order chi connectivity index (χ0) is 21.5. The zero-order valence-electron chi connectivity index (χ0n) is 18.8. The van der Waals surface area contributed by atoms with E-state index in [1.54, 1.807) is 12.1 Å². The van der Waals surface area contributed by atoms with Gasteiger partial charge in [0.1, 0.15) is 5.82 Å². The second kappa shape index (κ2) is 11.1. The third kappa shape index (κ3) is 6.08. The van der Waals surface area contributed by atoms with Crippen LogP contribution < -0.4 is 10.2 Å². The van der Waals surface area contributed by atoms with E-state index in [1.165, 1.54) is 6.42 Å². The molecule has 3 fully saturated rings. The Morgan fingerprint density at radius 1 is 1.06 bits per heavy atom. The third-order valence-corrected chi connectivity index (χ3v) is 6.60. The van der Waals surface area contributed by atoms with E-state index in [0.29, 0.717) is 6.04 Å². The number of guanidine groups is 1. The van der Waals surface area contributed by atoms with Crippen LogP contribution in [-0.2, 0) is 4.74 Å². The minimum absolute atomic E-state index is 0.175. The van der Waals surface area contributed by atoms with Gasteiger partial charge < -0.3 is 19.9 Å². The molecule has 0 aliphatic carbocycles. The lowest BCUT2D eigenvalue weighted by Gasteiger charge is -2.36. The van der Waals surface area contributed by atoms with E-state index in [1.807, 2.05) is 12.1 Å². The first-order chi connectivity index (χ1) is 15.2. The smallest absolute Gasteiger partial charge is 0.194 e. The number of anilines is 1. The zero-order valence-corrected chi connectivity index (χ0v) is 18.8. The number of morpholine rings is 1. The van der Waals surface area contributed by atoms with Crippen LogP contribution in [0.5, 0.6) is 0 Å². The highest BCUT2D eigenvalue weighted by molar-refractivity contribution is 5.80. The van der Waals surface area contributed by atoms with Crippen LogP contribution in [0.2, 0.25) is 0 Å². The number of benzene rings is 1. The summed E-state index contributed by atoms with van der Waals surface area (Å²) in [6.07, 6.45) is 1.20. The van der Waals surface area contributed by atoms with Crippen molar-refractivity contribution in [1.29, 1.82) is 0 Å².